The van der Waals surface area contributed by atoms with Gasteiger partial charge in [0, 0.05) is 0 Å². The molecule has 0 aromatic carbocycles. The fraction of sp³-hybridized carbons (Fsp3) is 0.778. The van der Waals surface area contributed by atoms with Crippen molar-refractivity contribution in [3.63, 3.8) is 0 Å². The number of hydrogen-bond acceptors (Lipinski definition) is 6. The molecule has 0 N–H and O–H groups in total. The lowest BCUT2D eigenvalue weighted by atomic mass is 10.7. The van der Waals surface area contributed by atoms with Crippen LogP contribution in [0.25, 0.3) is 0 Å². The van der Waals surface area contributed by atoms with Gasteiger partial charge in [0.1, 0.15) is 0 Å². The second-order valence-corrected chi connectivity index (χ2v) is 2.94. The Kier molecular flexibility index (Phi) is 10.1. The third kappa shape index (κ3) is 20.6. The zero-order chi connectivity index (χ0) is 17.1. The quantitative estimate of drug-likeness (QED) is 0.585. The van der Waals surface area contributed by atoms with E-state index in [-0.39, 0.29) is 0 Å². The van der Waals surface area contributed by atoms with Crippen molar-refractivity contribution in [1.82, 2.24) is 0 Å². The number of carbonyl (C=O) groups is 2. The van der Waals surface area contributed by atoms with Crippen molar-refractivity contribution in [2.75, 3.05) is 26.9 Å². The highest BCUT2D eigenvalue weighted by molar-refractivity contribution is 5.60. The van der Waals surface area contributed by atoms with Crippen LogP contribution in [0.4, 0.5) is 35.9 Å². The van der Waals surface area contributed by atoms with Crippen LogP contribution in [-0.2, 0) is 18.9 Å². The monoisotopic (exact) mass is 330 g/mol. The van der Waals surface area contributed by atoms with E-state index in [1.165, 1.54) is 7.11 Å². The minimum absolute atomic E-state index is 0.368. The largest absolute Gasteiger partial charge is 0.508 e. The fourth-order valence-corrected chi connectivity index (χ4v) is 0.500. The molecule has 0 aliphatic heterocycles. The lowest BCUT2D eigenvalue weighted by Crippen LogP contribution is -2.24. The lowest BCUT2D eigenvalue weighted by Gasteiger charge is -2.09. The van der Waals surface area contributed by atoms with Gasteiger partial charge in [-0.05, 0) is 6.92 Å². The van der Waals surface area contributed by atoms with Gasteiger partial charge < -0.3 is 18.9 Å². The van der Waals surface area contributed by atoms with Gasteiger partial charge in [0.25, 0.3) is 0 Å². The van der Waals surface area contributed by atoms with Crippen molar-refractivity contribution in [2.24, 2.45) is 0 Å². The van der Waals surface area contributed by atoms with E-state index in [1.807, 2.05) is 0 Å². The van der Waals surface area contributed by atoms with Gasteiger partial charge in [0.2, 0.25) is 0 Å². The first kappa shape index (κ1) is 21.4. The average Bonchev–Trinajstić information content (AvgIpc) is 2.33. The van der Waals surface area contributed by atoms with E-state index in [4.69, 9.17) is 0 Å². The molecule has 0 amide bonds. The van der Waals surface area contributed by atoms with Crippen molar-refractivity contribution in [3.8, 4) is 0 Å². The maximum Gasteiger partial charge on any atom is 0.508 e. The highest BCUT2D eigenvalue weighted by Gasteiger charge is 2.32. The van der Waals surface area contributed by atoms with E-state index in [1.54, 1.807) is 6.92 Å². The highest BCUT2D eigenvalue weighted by atomic mass is 19.4. The van der Waals surface area contributed by atoms with E-state index in [0.29, 0.717) is 6.61 Å². The summed E-state index contributed by atoms with van der Waals surface area (Å²) in [5, 5.41) is 0. The standard InChI is InChI=1S/C5H4F6O3.C4H8O3/c6-4(7,8)1-13-3(12)14-2-5(9,10)11;1-3-7-4(5)6-2/h1-2H2;3H2,1-2H3. The van der Waals surface area contributed by atoms with Gasteiger partial charge in [0.05, 0.1) is 13.7 Å². The Morgan fingerprint density at radius 2 is 1.19 bits per heavy atom. The van der Waals surface area contributed by atoms with Crippen LogP contribution in [0, 0.1) is 0 Å². The smallest absolute Gasteiger partial charge is 0.438 e. The first-order valence-electron chi connectivity index (χ1n) is 5.05. The molecule has 0 aromatic heterocycles. The molecule has 12 heteroatoms. The van der Waals surface area contributed by atoms with Crippen LogP contribution >= 0.6 is 0 Å². The first-order chi connectivity index (χ1) is 9.41. The van der Waals surface area contributed by atoms with E-state index in [0.717, 1.165) is 0 Å². The number of carbonyl (C=O) groups excluding carboxylic acids is 2. The van der Waals surface area contributed by atoms with Crippen molar-refractivity contribution in [3.05, 3.63) is 0 Å². The van der Waals surface area contributed by atoms with Gasteiger partial charge in [-0.3, -0.25) is 0 Å². The van der Waals surface area contributed by atoms with Crippen LogP contribution in [0.15, 0.2) is 0 Å². The molecule has 0 radical (unpaired) electrons. The van der Waals surface area contributed by atoms with Crippen LogP contribution in [0.1, 0.15) is 6.92 Å². The Morgan fingerprint density at radius 1 is 0.810 bits per heavy atom. The average molecular weight is 330 g/mol. The maximum atomic E-state index is 11.3. The molecule has 0 aromatic rings. The van der Waals surface area contributed by atoms with Gasteiger partial charge in [-0.2, -0.15) is 26.3 Å². The predicted octanol–water partition coefficient (Wildman–Crippen LogP) is 3.05. The normalized spacial score (nSPS) is 10.9. The van der Waals surface area contributed by atoms with Crippen LogP contribution < -0.4 is 0 Å². The lowest BCUT2D eigenvalue weighted by molar-refractivity contribution is -0.182. The molecule has 0 rings (SSSR count). The van der Waals surface area contributed by atoms with E-state index < -0.39 is 37.9 Å². The molecule has 0 saturated carbocycles. The van der Waals surface area contributed by atoms with Gasteiger partial charge in [-0.25, -0.2) is 9.59 Å². The van der Waals surface area contributed by atoms with Crippen LogP contribution in [0.3, 0.4) is 0 Å². The number of ether oxygens (including phenoxy) is 4. The number of hydrogen-bond donors (Lipinski definition) is 0. The molecule has 0 spiro atoms. The fourth-order valence-electron chi connectivity index (χ4n) is 0.500. The topological polar surface area (TPSA) is 71.1 Å². The van der Waals surface area contributed by atoms with E-state index in [2.05, 4.69) is 18.9 Å². The maximum absolute atomic E-state index is 11.3. The molecule has 0 saturated heterocycles. The number of alkyl halides is 6. The zero-order valence-electron chi connectivity index (χ0n) is 10.8. The summed E-state index contributed by atoms with van der Waals surface area (Å²) in [5.41, 5.74) is 0. The van der Waals surface area contributed by atoms with Crippen molar-refractivity contribution in [1.29, 1.82) is 0 Å². The Balaban J connectivity index is 0. The first-order valence-corrected chi connectivity index (χ1v) is 5.05. The minimum atomic E-state index is -4.79. The molecule has 21 heavy (non-hydrogen) atoms. The summed E-state index contributed by atoms with van der Waals surface area (Å²) in [5.74, 6) is 0. The van der Waals surface area contributed by atoms with Gasteiger partial charge >= 0.3 is 24.7 Å². The van der Waals surface area contributed by atoms with E-state index in [9.17, 15) is 35.9 Å². The van der Waals surface area contributed by atoms with Crippen LogP contribution in [0.2, 0.25) is 0 Å². The molecule has 6 nitrogen and oxygen atoms in total. The van der Waals surface area contributed by atoms with Crippen LogP contribution in [-0.4, -0.2) is 51.6 Å². The summed E-state index contributed by atoms with van der Waals surface area (Å²) in [7, 11) is 1.28. The third-order valence-electron chi connectivity index (χ3n) is 1.14. The summed E-state index contributed by atoms with van der Waals surface area (Å²) >= 11 is 0. The second-order valence-electron chi connectivity index (χ2n) is 2.94. The number of methoxy groups -OCH3 is 1. The predicted molar refractivity (Wildman–Crippen MR) is 53.4 cm³/mol. The summed E-state index contributed by atoms with van der Waals surface area (Å²) in [4.78, 5) is 20.1. The van der Waals surface area contributed by atoms with Gasteiger partial charge in [0.15, 0.2) is 13.2 Å². The Morgan fingerprint density at radius 3 is 1.38 bits per heavy atom. The summed E-state index contributed by atoms with van der Waals surface area (Å²) in [6, 6.07) is 0. The molecular formula is C9H12F6O6. The SMILES string of the molecule is CCOC(=O)OC.O=C(OCC(F)(F)F)OCC(F)(F)F. The van der Waals surface area contributed by atoms with Crippen molar-refractivity contribution in [2.45, 2.75) is 19.3 Å². The molecule has 0 aliphatic carbocycles. The summed E-state index contributed by atoms with van der Waals surface area (Å²) in [6.07, 6.45) is -12.2. The molecule has 0 aliphatic rings. The molecular weight excluding hydrogens is 318 g/mol. The summed E-state index contributed by atoms with van der Waals surface area (Å²) < 4.78 is 83.1. The van der Waals surface area contributed by atoms with Crippen molar-refractivity contribution < 1.29 is 54.9 Å². The Hall–Kier alpha value is -1.88. The molecule has 0 bridgehead atoms. The molecule has 0 unspecified atom stereocenters. The van der Waals surface area contributed by atoms with Gasteiger partial charge in [-0.1, -0.05) is 0 Å². The zero-order valence-corrected chi connectivity index (χ0v) is 10.8. The van der Waals surface area contributed by atoms with E-state index >= 15 is 0 Å². The molecule has 0 atom stereocenters. The number of rotatable bonds is 3. The highest BCUT2D eigenvalue weighted by Crippen LogP contribution is 2.17. The van der Waals surface area contributed by atoms with Crippen molar-refractivity contribution >= 4 is 12.3 Å². The Bertz CT molecular complexity index is 293. The number of halogens is 6. The molecule has 126 valence electrons. The Labute approximate surface area is 114 Å². The van der Waals surface area contributed by atoms with Crippen LogP contribution in [0.5, 0.6) is 0 Å². The molecule has 0 heterocycles. The third-order valence-corrected chi connectivity index (χ3v) is 1.14. The second kappa shape index (κ2) is 9.94. The van der Waals surface area contributed by atoms with Gasteiger partial charge in [-0.15, -0.1) is 0 Å². The minimum Gasteiger partial charge on any atom is -0.438 e. The summed E-state index contributed by atoms with van der Waals surface area (Å²) in [6.45, 7) is -1.88. The molecule has 0 fully saturated rings.